The molecule has 8 nitrogen and oxygen atoms in total. The van der Waals surface area contributed by atoms with Crippen LogP contribution in [0.2, 0.25) is 0 Å². The van der Waals surface area contributed by atoms with E-state index < -0.39 is 0 Å². The van der Waals surface area contributed by atoms with Gasteiger partial charge in [-0.15, -0.1) is 0 Å². The summed E-state index contributed by atoms with van der Waals surface area (Å²) >= 11 is 0. The zero-order valence-corrected chi connectivity index (χ0v) is 14.4. The zero-order chi connectivity index (χ0) is 17.1. The van der Waals surface area contributed by atoms with Gasteiger partial charge in [-0.2, -0.15) is 10.1 Å². The first-order valence-electron chi connectivity index (χ1n) is 8.45. The summed E-state index contributed by atoms with van der Waals surface area (Å²) in [5.41, 5.74) is 0. The normalized spacial score (nSPS) is 18.7. The van der Waals surface area contributed by atoms with Crippen LogP contribution in [0.1, 0.15) is 63.2 Å². The molecule has 0 unspecified atom stereocenters. The van der Waals surface area contributed by atoms with Gasteiger partial charge in [0.25, 0.3) is 0 Å². The van der Waals surface area contributed by atoms with Crippen molar-refractivity contribution in [2.75, 3.05) is 11.9 Å². The molecule has 8 heteroatoms. The summed E-state index contributed by atoms with van der Waals surface area (Å²) in [6, 6.07) is 1.44. The Morgan fingerprint density at radius 1 is 1.38 bits per heavy atom. The van der Waals surface area contributed by atoms with Crippen molar-refractivity contribution in [3.05, 3.63) is 24.0 Å². The second-order valence-electron chi connectivity index (χ2n) is 6.51. The Kier molecular flexibility index (Phi) is 4.82. The summed E-state index contributed by atoms with van der Waals surface area (Å²) in [5.74, 6) is 1.92. The molecule has 0 spiro atoms. The molecule has 2 aromatic rings. The molecule has 3 rings (SSSR count). The molecular formula is C16H24N6O2. The Labute approximate surface area is 141 Å². The molecule has 0 radical (unpaired) electrons. The lowest BCUT2D eigenvalue weighted by Crippen LogP contribution is -2.38. The molecule has 0 bridgehead atoms. The molecule has 1 saturated heterocycles. The van der Waals surface area contributed by atoms with E-state index in [9.17, 15) is 4.79 Å². The van der Waals surface area contributed by atoms with Gasteiger partial charge in [0, 0.05) is 31.8 Å². The van der Waals surface area contributed by atoms with Crippen LogP contribution in [-0.4, -0.2) is 37.4 Å². The number of carbonyl (C=O) groups is 1. The van der Waals surface area contributed by atoms with Gasteiger partial charge in [-0.1, -0.05) is 31.8 Å². The van der Waals surface area contributed by atoms with Crippen LogP contribution < -0.4 is 5.32 Å². The maximum Gasteiger partial charge on any atom is 0.323 e. The Morgan fingerprint density at radius 2 is 2.21 bits per heavy atom. The van der Waals surface area contributed by atoms with Crippen molar-refractivity contribution >= 4 is 11.8 Å². The van der Waals surface area contributed by atoms with Crippen molar-refractivity contribution in [3.8, 4) is 0 Å². The van der Waals surface area contributed by atoms with Crippen LogP contribution in [0, 0.1) is 0 Å². The fraction of sp³-hybridized carbons (Fsp3) is 0.625. The standard InChI is InChI=1S/C16H24N6O2/c1-11(2)15-18-14(20-24-15)12-7-5-4-6-9-22(12)16(23)17-13-8-10-21(3)19-13/h8,10-12H,4-7,9H2,1-3H3,(H,17,19,23)/t12-/m0/s1. The summed E-state index contributed by atoms with van der Waals surface area (Å²) in [6.07, 6.45) is 5.75. The van der Waals surface area contributed by atoms with Gasteiger partial charge in [-0.05, 0) is 12.8 Å². The number of amides is 2. The van der Waals surface area contributed by atoms with Crippen LogP contribution in [-0.2, 0) is 7.05 Å². The Hall–Kier alpha value is -2.38. The van der Waals surface area contributed by atoms with E-state index in [0.717, 1.165) is 25.7 Å². The lowest BCUT2D eigenvalue weighted by atomic mass is 10.1. The molecule has 130 valence electrons. The number of urea groups is 1. The van der Waals surface area contributed by atoms with Crippen molar-refractivity contribution in [1.82, 2.24) is 24.8 Å². The number of nitrogens with one attached hydrogen (secondary N) is 1. The van der Waals surface area contributed by atoms with E-state index in [1.807, 2.05) is 20.9 Å². The highest BCUT2D eigenvalue weighted by molar-refractivity contribution is 5.88. The number of aromatic nitrogens is 4. The number of anilines is 1. The lowest BCUT2D eigenvalue weighted by molar-refractivity contribution is 0.184. The molecule has 0 saturated carbocycles. The molecule has 2 amide bonds. The molecule has 24 heavy (non-hydrogen) atoms. The first kappa shape index (κ1) is 16.5. The van der Waals surface area contributed by atoms with Crippen molar-refractivity contribution in [2.24, 2.45) is 7.05 Å². The van der Waals surface area contributed by atoms with Crippen molar-refractivity contribution in [2.45, 2.75) is 51.5 Å². The second kappa shape index (κ2) is 7.02. The minimum atomic E-state index is -0.170. The van der Waals surface area contributed by atoms with Gasteiger partial charge in [0.05, 0.1) is 6.04 Å². The Bertz CT molecular complexity index is 692. The fourth-order valence-electron chi connectivity index (χ4n) is 2.90. The van der Waals surface area contributed by atoms with Crippen molar-refractivity contribution < 1.29 is 9.32 Å². The summed E-state index contributed by atoms with van der Waals surface area (Å²) in [6.45, 7) is 4.70. The number of nitrogens with zero attached hydrogens (tertiary/aromatic N) is 5. The molecular weight excluding hydrogens is 308 g/mol. The van der Waals surface area contributed by atoms with Gasteiger partial charge in [-0.25, -0.2) is 4.79 Å². The van der Waals surface area contributed by atoms with Crippen LogP contribution in [0.15, 0.2) is 16.8 Å². The Balaban J connectivity index is 1.79. The molecule has 1 atom stereocenters. The van der Waals surface area contributed by atoms with Crippen LogP contribution >= 0.6 is 0 Å². The minimum absolute atomic E-state index is 0.160. The van der Waals surface area contributed by atoms with E-state index in [-0.39, 0.29) is 18.0 Å². The van der Waals surface area contributed by atoms with Gasteiger partial charge in [0.1, 0.15) is 0 Å². The summed E-state index contributed by atoms with van der Waals surface area (Å²) in [4.78, 5) is 19.0. The molecule has 2 aromatic heterocycles. The quantitative estimate of drug-likeness (QED) is 0.933. The SMILES string of the molecule is CC(C)c1nc([C@@H]2CCCCCN2C(=O)Nc2ccn(C)n2)no1. The average Bonchev–Trinajstić information content (AvgIpc) is 3.10. The lowest BCUT2D eigenvalue weighted by Gasteiger charge is -2.27. The molecule has 0 aromatic carbocycles. The van der Waals surface area contributed by atoms with Gasteiger partial charge < -0.3 is 9.42 Å². The number of hydrogen-bond donors (Lipinski definition) is 1. The maximum absolute atomic E-state index is 12.7. The van der Waals surface area contributed by atoms with Gasteiger partial charge >= 0.3 is 6.03 Å². The molecule has 3 heterocycles. The number of rotatable bonds is 3. The maximum atomic E-state index is 12.7. The third kappa shape index (κ3) is 3.58. The predicted octanol–water partition coefficient (Wildman–Crippen LogP) is 3.08. The molecule has 1 fully saturated rings. The van der Waals surface area contributed by atoms with E-state index in [1.54, 1.807) is 21.8 Å². The number of likely N-dealkylation sites (tertiary alicyclic amines) is 1. The molecule has 1 aliphatic rings. The van der Waals surface area contributed by atoms with E-state index in [4.69, 9.17) is 4.52 Å². The van der Waals surface area contributed by atoms with E-state index in [2.05, 4.69) is 20.6 Å². The van der Waals surface area contributed by atoms with Crippen LogP contribution in [0.3, 0.4) is 0 Å². The van der Waals surface area contributed by atoms with Crippen LogP contribution in [0.25, 0.3) is 0 Å². The summed E-state index contributed by atoms with van der Waals surface area (Å²) < 4.78 is 6.99. The molecule has 0 aliphatic carbocycles. The van der Waals surface area contributed by atoms with Gasteiger partial charge in [0.2, 0.25) is 5.89 Å². The van der Waals surface area contributed by atoms with E-state index in [0.29, 0.717) is 24.1 Å². The first-order chi connectivity index (χ1) is 11.5. The van der Waals surface area contributed by atoms with E-state index in [1.165, 1.54) is 0 Å². The highest BCUT2D eigenvalue weighted by Crippen LogP contribution is 2.29. The highest BCUT2D eigenvalue weighted by atomic mass is 16.5. The van der Waals surface area contributed by atoms with E-state index >= 15 is 0 Å². The topological polar surface area (TPSA) is 89.1 Å². The molecule has 1 N–H and O–H groups in total. The third-order valence-corrected chi connectivity index (χ3v) is 4.21. The number of aryl methyl sites for hydroxylation is 1. The summed E-state index contributed by atoms with van der Waals surface area (Å²) in [7, 11) is 1.82. The predicted molar refractivity (Wildman–Crippen MR) is 88.5 cm³/mol. The van der Waals surface area contributed by atoms with Crippen molar-refractivity contribution in [1.29, 1.82) is 0 Å². The number of hydrogen-bond acceptors (Lipinski definition) is 5. The Morgan fingerprint density at radius 3 is 2.88 bits per heavy atom. The first-order valence-corrected chi connectivity index (χ1v) is 8.45. The number of carbonyl (C=O) groups excluding carboxylic acids is 1. The zero-order valence-electron chi connectivity index (χ0n) is 14.4. The fourth-order valence-corrected chi connectivity index (χ4v) is 2.90. The van der Waals surface area contributed by atoms with Crippen LogP contribution in [0.4, 0.5) is 10.6 Å². The largest absolute Gasteiger partial charge is 0.339 e. The second-order valence-corrected chi connectivity index (χ2v) is 6.51. The van der Waals surface area contributed by atoms with Gasteiger partial charge in [-0.3, -0.25) is 10.00 Å². The summed E-state index contributed by atoms with van der Waals surface area (Å²) in [5, 5.41) is 11.2. The average molecular weight is 332 g/mol. The highest BCUT2D eigenvalue weighted by Gasteiger charge is 2.31. The smallest absolute Gasteiger partial charge is 0.323 e. The van der Waals surface area contributed by atoms with Crippen molar-refractivity contribution in [3.63, 3.8) is 0 Å². The van der Waals surface area contributed by atoms with Gasteiger partial charge in [0.15, 0.2) is 11.6 Å². The minimum Gasteiger partial charge on any atom is -0.339 e. The monoisotopic (exact) mass is 332 g/mol. The third-order valence-electron chi connectivity index (χ3n) is 4.21. The van der Waals surface area contributed by atoms with Crippen LogP contribution in [0.5, 0.6) is 0 Å². The molecule has 1 aliphatic heterocycles.